The van der Waals surface area contributed by atoms with Gasteiger partial charge in [-0.25, -0.2) is 14.5 Å². The fourth-order valence-electron chi connectivity index (χ4n) is 2.73. The number of hydrogen-bond donors (Lipinski definition) is 2. The lowest BCUT2D eigenvalue weighted by atomic mass is 10.1. The zero-order valence-electron chi connectivity index (χ0n) is 13.8. The highest BCUT2D eigenvalue weighted by Crippen LogP contribution is 2.27. The molecule has 23 heavy (non-hydrogen) atoms. The highest BCUT2D eigenvalue weighted by Gasteiger charge is 2.19. The minimum absolute atomic E-state index is 0.173. The van der Waals surface area contributed by atoms with Gasteiger partial charge in [0.1, 0.15) is 5.82 Å². The molecule has 2 N–H and O–H groups in total. The molecule has 0 radical (unpaired) electrons. The molecular weight excluding hydrogens is 310 g/mol. The Kier molecular flexibility index (Phi) is 4.39. The van der Waals surface area contributed by atoms with Gasteiger partial charge in [-0.05, 0) is 40.0 Å². The van der Waals surface area contributed by atoms with E-state index in [1.54, 1.807) is 28.3 Å². The van der Waals surface area contributed by atoms with Gasteiger partial charge >= 0.3 is 6.03 Å². The Bertz CT molecular complexity index is 676. The van der Waals surface area contributed by atoms with Gasteiger partial charge in [0.25, 0.3) is 0 Å². The van der Waals surface area contributed by atoms with E-state index in [1.165, 1.54) is 17.0 Å². The molecule has 1 aliphatic carbocycles. The fraction of sp³-hybridized carbons (Fsp3) is 0.562. The number of aromatic nitrogens is 3. The molecule has 7 heteroatoms. The first-order valence-electron chi connectivity index (χ1n) is 8.00. The monoisotopic (exact) mass is 333 g/mol. The van der Waals surface area contributed by atoms with Gasteiger partial charge in [-0.15, -0.1) is 11.3 Å². The molecule has 0 atom stereocenters. The van der Waals surface area contributed by atoms with E-state index in [0.717, 1.165) is 24.3 Å². The molecule has 0 unspecified atom stereocenters. The summed E-state index contributed by atoms with van der Waals surface area (Å²) in [5.74, 6) is 0.697. The molecule has 2 aromatic rings. The van der Waals surface area contributed by atoms with Crippen LogP contribution in [-0.2, 0) is 24.8 Å². The van der Waals surface area contributed by atoms with Crippen LogP contribution in [0.4, 0.5) is 10.6 Å². The second kappa shape index (κ2) is 6.31. The Balaban J connectivity index is 1.49. The van der Waals surface area contributed by atoms with Crippen molar-refractivity contribution in [3.63, 3.8) is 0 Å². The third kappa shape index (κ3) is 3.72. The predicted molar refractivity (Wildman–Crippen MR) is 92.1 cm³/mol. The van der Waals surface area contributed by atoms with E-state index in [1.807, 2.05) is 20.8 Å². The van der Waals surface area contributed by atoms with Crippen molar-refractivity contribution in [1.29, 1.82) is 0 Å². The first kappa shape index (κ1) is 16.0. The minimum atomic E-state index is -0.208. The zero-order chi connectivity index (χ0) is 16.4. The highest BCUT2D eigenvalue weighted by molar-refractivity contribution is 7.11. The molecule has 2 aromatic heterocycles. The van der Waals surface area contributed by atoms with Crippen molar-refractivity contribution in [2.75, 3.05) is 11.9 Å². The average molecular weight is 333 g/mol. The molecule has 3 rings (SSSR count). The van der Waals surface area contributed by atoms with Crippen LogP contribution in [-0.4, -0.2) is 27.3 Å². The van der Waals surface area contributed by atoms with Crippen molar-refractivity contribution >= 4 is 23.2 Å². The maximum atomic E-state index is 12.0. The van der Waals surface area contributed by atoms with E-state index >= 15 is 0 Å². The Morgan fingerprint density at radius 3 is 2.96 bits per heavy atom. The van der Waals surface area contributed by atoms with Crippen LogP contribution in [0.2, 0.25) is 0 Å². The summed E-state index contributed by atoms with van der Waals surface area (Å²) in [6.07, 6.45) is 5.98. The molecule has 0 aromatic carbocycles. The molecule has 1 aliphatic rings. The highest BCUT2D eigenvalue weighted by atomic mass is 32.1. The summed E-state index contributed by atoms with van der Waals surface area (Å²) < 4.78 is 1.80. The number of thiazole rings is 1. The maximum Gasteiger partial charge on any atom is 0.320 e. The summed E-state index contributed by atoms with van der Waals surface area (Å²) in [6.45, 7) is 6.72. The summed E-state index contributed by atoms with van der Waals surface area (Å²) in [6, 6.07) is 1.59. The Morgan fingerprint density at radius 1 is 1.39 bits per heavy atom. The van der Waals surface area contributed by atoms with E-state index in [2.05, 4.69) is 20.7 Å². The fourth-order valence-corrected chi connectivity index (χ4v) is 3.88. The second-order valence-corrected chi connectivity index (χ2v) is 7.93. The molecule has 6 nitrogen and oxygen atoms in total. The van der Waals surface area contributed by atoms with Gasteiger partial charge in [0, 0.05) is 23.9 Å². The lowest BCUT2D eigenvalue weighted by Gasteiger charge is -2.22. The smallest absolute Gasteiger partial charge is 0.320 e. The van der Waals surface area contributed by atoms with Crippen molar-refractivity contribution in [2.24, 2.45) is 0 Å². The summed E-state index contributed by atoms with van der Waals surface area (Å²) in [4.78, 5) is 18.1. The number of anilines is 1. The third-order valence-electron chi connectivity index (χ3n) is 3.78. The van der Waals surface area contributed by atoms with Gasteiger partial charge in [0.2, 0.25) is 0 Å². The number of carbonyl (C=O) groups is 1. The summed E-state index contributed by atoms with van der Waals surface area (Å²) in [7, 11) is 0. The Hall–Kier alpha value is -1.89. The Labute approximate surface area is 140 Å². The van der Waals surface area contributed by atoms with Crippen LogP contribution < -0.4 is 10.6 Å². The molecule has 2 amide bonds. The second-order valence-electron chi connectivity index (χ2n) is 6.76. The summed E-state index contributed by atoms with van der Waals surface area (Å²) in [5, 5.41) is 11.1. The van der Waals surface area contributed by atoms with Crippen molar-refractivity contribution in [3.8, 4) is 0 Å². The quantitative estimate of drug-likeness (QED) is 0.903. The molecule has 0 spiro atoms. The summed E-state index contributed by atoms with van der Waals surface area (Å²) in [5.41, 5.74) is 1.09. The molecular formula is C16H23N5OS. The van der Waals surface area contributed by atoms with E-state index in [-0.39, 0.29) is 11.6 Å². The normalized spacial score (nSPS) is 13.9. The van der Waals surface area contributed by atoms with E-state index in [0.29, 0.717) is 12.4 Å². The molecule has 0 saturated heterocycles. The van der Waals surface area contributed by atoms with Crippen LogP contribution in [0.5, 0.6) is 0 Å². The number of rotatable bonds is 4. The molecule has 0 bridgehead atoms. The standard InChI is InChI=1S/C16H23N5OS/c1-16(2,3)21-13(7-10-18-21)20-15(22)17-9-8-14-19-11-5-4-6-12(11)23-14/h7,10H,4-6,8-9H2,1-3H3,(H2,17,20,22). The zero-order valence-corrected chi connectivity index (χ0v) is 14.7. The van der Waals surface area contributed by atoms with Crippen molar-refractivity contribution in [2.45, 2.75) is 52.0 Å². The molecule has 124 valence electrons. The van der Waals surface area contributed by atoms with Gasteiger partial charge in [0.15, 0.2) is 0 Å². The molecule has 0 fully saturated rings. The van der Waals surface area contributed by atoms with Gasteiger partial charge < -0.3 is 5.32 Å². The number of amides is 2. The van der Waals surface area contributed by atoms with Crippen molar-refractivity contribution in [3.05, 3.63) is 27.8 Å². The maximum absolute atomic E-state index is 12.0. The van der Waals surface area contributed by atoms with Crippen molar-refractivity contribution < 1.29 is 4.79 Å². The lowest BCUT2D eigenvalue weighted by molar-refractivity contribution is 0.251. The minimum Gasteiger partial charge on any atom is -0.337 e. The van der Waals surface area contributed by atoms with Gasteiger partial charge in [-0.1, -0.05) is 0 Å². The van der Waals surface area contributed by atoms with E-state index in [4.69, 9.17) is 0 Å². The van der Waals surface area contributed by atoms with Gasteiger partial charge in [-0.3, -0.25) is 5.32 Å². The predicted octanol–water partition coefficient (Wildman–Crippen LogP) is 2.95. The number of fused-ring (bicyclic) bond motifs is 1. The average Bonchev–Trinajstić information content (AvgIpc) is 3.12. The molecule has 2 heterocycles. The number of nitrogens with zero attached hydrogens (tertiary/aromatic N) is 3. The SMILES string of the molecule is CC(C)(C)n1nccc1NC(=O)NCCc1nc2c(s1)CCC2. The van der Waals surface area contributed by atoms with Crippen LogP contribution in [0.15, 0.2) is 12.3 Å². The van der Waals surface area contributed by atoms with Crippen LogP contribution in [0.3, 0.4) is 0 Å². The van der Waals surface area contributed by atoms with Crippen LogP contribution in [0.1, 0.15) is 42.8 Å². The number of aryl methyl sites for hydroxylation is 2. The van der Waals surface area contributed by atoms with Crippen LogP contribution in [0.25, 0.3) is 0 Å². The number of hydrogen-bond acceptors (Lipinski definition) is 4. The number of carbonyl (C=O) groups excluding carboxylic acids is 1. The van der Waals surface area contributed by atoms with Crippen LogP contribution >= 0.6 is 11.3 Å². The Morgan fingerprint density at radius 2 is 2.22 bits per heavy atom. The molecule has 0 saturated carbocycles. The van der Waals surface area contributed by atoms with Gasteiger partial charge in [-0.2, -0.15) is 5.10 Å². The van der Waals surface area contributed by atoms with Gasteiger partial charge in [0.05, 0.1) is 22.4 Å². The largest absolute Gasteiger partial charge is 0.337 e. The lowest BCUT2D eigenvalue weighted by Crippen LogP contribution is -2.33. The summed E-state index contributed by atoms with van der Waals surface area (Å²) >= 11 is 1.79. The van der Waals surface area contributed by atoms with E-state index < -0.39 is 0 Å². The third-order valence-corrected chi connectivity index (χ3v) is 5.00. The number of nitrogens with one attached hydrogen (secondary N) is 2. The van der Waals surface area contributed by atoms with Crippen molar-refractivity contribution in [1.82, 2.24) is 20.1 Å². The molecule has 0 aliphatic heterocycles. The first-order chi connectivity index (χ1) is 10.9. The van der Waals surface area contributed by atoms with Crippen LogP contribution in [0, 0.1) is 0 Å². The number of urea groups is 1. The van der Waals surface area contributed by atoms with E-state index in [9.17, 15) is 4.79 Å². The first-order valence-corrected chi connectivity index (χ1v) is 8.82. The topological polar surface area (TPSA) is 71.8 Å².